The van der Waals surface area contributed by atoms with Gasteiger partial charge >= 0.3 is 0 Å². The minimum absolute atomic E-state index is 0.254. The van der Waals surface area contributed by atoms with E-state index in [1.165, 1.54) is 0 Å². The molecular formula is C21H26O6. The van der Waals surface area contributed by atoms with E-state index in [0.717, 1.165) is 16.9 Å². The summed E-state index contributed by atoms with van der Waals surface area (Å²) in [5, 5.41) is 19.6. The topological polar surface area (TPSA) is 77.4 Å². The minimum atomic E-state index is -0.983. The number of aliphatic hydroxyl groups excluding tert-OH is 2. The highest BCUT2D eigenvalue weighted by molar-refractivity contribution is 5.26. The van der Waals surface area contributed by atoms with Crippen LogP contribution in [0.4, 0.5) is 0 Å². The third kappa shape index (κ3) is 5.51. The first kappa shape index (κ1) is 19.8. The van der Waals surface area contributed by atoms with Crippen LogP contribution >= 0.6 is 0 Å². The van der Waals surface area contributed by atoms with Gasteiger partial charge in [-0.3, -0.25) is 0 Å². The van der Waals surface area contributed by atoms with Crippen molar-refractivity contribution in [2.45, 2.75) is 44.2 Å². The Kier molecular flexibility index (Phi) is 7.20. The number of methoxy groups -OCH3 is 1. The molecule has 1 aliphatic heterocycles. The van der Waals surface area contributed by atoms with Crippen LogP contribution in [0.1, 0.15) is 17.5 Å². The lowest BCUT2D eigenvalue weighted by Crippen LogP contribution is -2.52. The molecule has 1 aliphatic rings. The SMILES string of the molecule is COc1ccc(CO[C@H]2[C@H](OCc3ccccc3)C[C@@H](O)O[C@@H]2CO)cc1. The van der Waals surface area contributed by atoms with Crippen molar-refractivity contribution in [1.82, 2.24) is 0 Å². The van der Waals surface area contributed by atoms with E-state index < -0.39 is 18.5 Å². The molecule has 0 bridgehead atoms. The lowest BCUT2D eigenvalue weighted by Gasteiger charge is -2.39. The predicted molar refractivity (Wildman–Crippen MR) is 99.2 cm³/mol. The van der Waals surface area contributed by atoms with Crippen LogP contribution in [-0.4, -0.2) is 48.5 Å². The van der Waals surface area contributed by atoms with Crippen molar-refractivity contribution in [1.29, 1.82) is 0 Å². The van der Waals surface area contributed by atoms with Gasteiger partial charge in [0.1, 0.15) is 18.0 Å². The van der Waals surface area contributed by atoms with E-state index in [-0.39, 0.29) is 19.1 Å². The average Bonchev–Trinajstić information content (AvgIpc) is 2.72. The summed E-state index contributed by atoms with van der Waals surface area (Å²) in [4.78, 5) is 0. The lowest BCUT2D eigenvalue weighted by atomic mass is 10.0. The molecule has 1 fully saturated rings. The first-order chi connectivity index (χ1) is 13.2. The van der Waals surface area contributed by atoms with Gasteiger partial charge in [0.05, 0.1) is 33.0 Å². The molecule has 2 aromatic carbocycles. The lowest BCUT2D eigenvalue weighted by molar-refractivity contribution is -0.262. The third-order valence-corrected chi connectivity index (χ3v) is 4.59. The number of benzene rings is 2. The fraction of sp³-hybridized carbons (Fsp3) is 0.429. The first-order valence-electron chi connectivity index (χ1n) is 9.04. The Bertz CT molecular complexity index is 675. The van der Waals surface area contributed by atoms with E-state index in [2.05, 4.69) is 0 Å². The molecule has 4 atom stereocenters. The Morgan fingerprint density at radius 1 is 0.963 bits per heavy atom. The summed E-state index contributed by atoms with van der Waals surface area (Å²) >= 11 is 0. The largest absolute Gasteiger partial charge is 0.497 e. The zero-order chi connectivity index (χ0) is 19.1. The van der Waals surface area contributed by atoms with E-state index in [1.807, 2.05) is 54.6 Å². The summed E-state index contributed by atoms with van der Waals surface area (Å²) < 4.78 is 22.6. The van der Waals surface area contributed by atoms with Gasteiger partial charge in [0.15, 0.2) is 6.29 Å². The zero-order valence-electron chi connectivity index (χ0n) is 15.4. The second-order valence-electron chi connectivity index (χ2n) is 6.51. The standard InChI is InChI=1S/C21H26O6/c1-24-17-9-7-16(8-10-17)14-26-21-18(11-20(23)27-19(21)12-22)25-13-15-5-3-2-4-6-15/h2-10,18-23H,11-14H2,1H3/t18-,19-,20+,21+/m1/s1. The molecule has 0 spiro atoms. The third-order valence-electron chi connectivity index (χ3n) is 4.59. The molecule has 6 nitrogen and oxygen atoms in total. The average molecular weight is 374 g/mol. The summed E-state index contributed by atoms with van der Waals surface area (Å²) in [6.07, 6.45) is -2.21. The predicted octanol–water partition coefficient (Wildman–Crippen LogP) is 2.27. The van der Waals surface area contributed by atoms with Crippen molar-refractivity contribution in [2.24, 2.45) is 0 Å². The number of hydrogen-bond acceptors (Lipinski definition) is 6. The Labute approximate surface area is 159 Å². The molecule has 2 aromatic rings. The molecule has 1 heterocycles. The van der Waals surface area contributed by atoms with Crippen LogP contribution in [0.2, 0.25) is 0 Å². The van der Waals surface area contributed by atoms with Crippen molar-refractivity contribution in [2.75, 3.05) is 13.7 Å². The Hall–Kier alpha value is -1.96. The molecule has 3 rings (SSSR count). The maximum Gasteiger partial charge on any atom is 0.157 e. The Balaban J connectivity index is 1.64. The molecule has 0 saturated carbocycles. The molecule has 2 N–H and O–H groups in total. The van der Waals surface area contributed by atoms with E-state index in [9.17, 15) is 10.2 Å². The van der Waals surface area contributed by atoms with Crippen molar-refractivity contribution >= 4 is 0 Å². The molecule has 0 radical (unpaired) electrons. The Morgan fingerprint density at radius 3 is 2.30 bits per heavy atom. The first-order valence-corrected chi connectivity index (χ1v) is 9.04. The highest BCUT2D eigenvalue weighted by atomic mass is 16.6. The summed E-state index contributed by atoms with van der Waals surface area (Å²) in [7, 11) is 1.62. The maximum atomic E-state index is 9.96. The van der Waals surface area contributed by atoms with Gasteiger partial charge in [0, 0.05) is 6.42 Å². The second kappa shape index (κ2) is 9.82. The fourth-order valence-corrected chi connectivity index (χ4v) is 3.12. The van der Waals surface area contributed by atoms with Crippen LogP contribution in [0.5, 0.6) is 5.75 Å². The van der Waals surface area contributed by atoms with E-state index in [1.54, 1.807) is 7.11 Å². The van der Waals surface area contributed by atoms with E-state index >= 15 is 0 Å². The second-order valence-corrected chi connectivity index (χ2v) is 6.51. The molecule has 27 heavy (non-hydrogen) atoms. The number of rotatable bonds is 8. The van der Waals surface area contributed by atoms with Crippen molar-refractivity contribution < 1.29 is 29.2 Å². The molecule has 0 amide bonds. The van der Waals surface area contributed by atoms with E-state index in [4.69, 9.17) is 18.9 Å². The van der Waals surface area contributed by atoms with Gasteiger partial charge in [0.2, 0.25) is 0 Å². The summed E-state index contributed by atoms with van der Waals surface area (Å²) in [5.74, 6) is 0.778. The zero-order valence-corrected chi connectivity index (χ0v) is 15.4. The van der Waals surface area contributed by atoms with Gasteiger partial charge in [-0.2, -0.15) is 0 Å². The fourth-order valence-electron chi connectivity index (χ4n) is 3.12. The number of aliphatic hydroxyl groups is 2. The van der Waals surface area contributed by atoms with Crippen LogP contribution in [0.15, 0.2) is 54.6 Å². The van der Waals surface area contributed by atoms with Gasteiger partial charge in [-0.15, -0.1) is 0 Å². The van der Waals surface area contributed by atoms with Crippen LogP contribution < -0.4 is 4.74 Å². The van der Waals surface area contributed by atoms with Crippen LogP contribution in [-0.2, 0) is 27.4 Å². The quantitative estimate of drug-likeness (QED) is 0.738. The Morgan fingerprint density at radius 2 is 1.63 bits per heavy atom. The molecule has 0 aliphatic carbocycles. The number of hydrogen-bond donors (Lipinski definition) is 2. The summed E-state index contributed by atoms with van der Waals surface area (Å²) in [6.45, 7) is 0.490. The van der Waals surface area contributed by atoms with Gasteiger partial charge in [-0.1, -0.05) is 42.5 Å². The molecular weight excluding hydrogens is 348 g/mol. The molecule has 146 valence electrons. The van der Waals surface area contributed by atoms with Crippen LogP contribution in [0, 0.1) is 0 Å². The van der Waals surface area contributed by atoms with Gasteiger partial charge in [-0.05, 0) is 23.3 Å². The van der Waals surface area contributed by atoms with Crippen LogP contribution in [0.3, 0.4) is 0 Å². The van der Waals surface area contributed by atoms with Crippen molar-refractivity contribution in [3.63, 3.8) is 0 Å². The van der Waals surface area contributed by atoms with Crippen molar-refractivity contribution in [3.05, 3.63) is 65.7 Å². The molecule has 0 aromatic heterocycles. The van der Waals surface area contributed by atoms with Crippen molar-refractivity contribution in [3.8, 4) is 5.75 Å². The van der Waals surface area contributed by atoms with Crippen LogP contribution in [0.25, 0.3) is 0 Å². The van der Waals surface area contributed by atoms with Gasteiger partial charge in [0.25, 0.3) is 0 Å². The molecule has 1 saturated heterocycles. The molecule has 6 heteroatoms. The monoisotopic (exact) mass is 374 g/mol. The van der Waals surface area contributed by atoms with Gasteiger partial charge < -0.3 is 29.2 Å². The minimum Gasteiger partial charge on any atom is -0.497 e. The van der Waals surface area contributed by atoms with E-state index in [0.29, 0.717) is 13.2 Å². The number of ether oxygens (including phenoxy) is 4. The normalized spacial score (nSPS) is 25.3. The highest BCUT2D eigenvalue weighted by Crippen LogP contribution is 2.26. The maximum absolute atomic E-state index is 9.96. The summed E-state index contributed by atoms with van der Waals surface area (Å²) in [5.41, 5.74) is 2.01. The molecule has 0 unspecified atom stereocenters. The summed E-state index contributed by atoms with van der Waals surface area (Å²) in [6, 6.07) is 17.4. The highest BCUT2D eigenvalue weighted by Gasteiger charge is 2.39. The smallest absolute Gasteiger partial charge is 0.157 e. The van der Waals surface area contributed by atoms with Gasteiger partial charge in [-0.25, -0.2) is 0 Å².